The van der Waals surface area contributed by atoms with E-state index in [4.69, 9.17) is 27.9 Å². The molecule has 44 heavy (non-hydrogen) atoms. The van der Waals surface area contributed by atoms with Gasteiger partial charge < -0.3 is 25.2 Å². The number of rotatable bonds is 7. The molecule has 14 heteroatoms. The van der Waals surface area contributed by atoms with Crippen LogP contribution in [0.15, 0.2) is 58.3 Å². The zero-order valence-electron chi connectivity index (χ0n) is 24.1. The van der Waals surface area contributed by atoms with Gasteiger partial charge in [0.1, 0.15) is 13.2 Å². The van der Waals surface area contributed by atoms with E-state index in [9.17, 15) is 24.0 Å². The molecule has 3 heterocycles. The molecule has 1 fully saturated rings. The van der Waals surface area contributed by atoms with Crippen molar-refractivity contribution in [3.05, 3.63) is 85.1 Å². The van der Waals surface area contributed by atoms with Crippen molar-refractivity contribution in [1.82, 2.24) is 24.3 Å². The monoisotopic (exact) mass is 642 g/mol. The predicted octanol–water partition coefficient (Wildman–Crippen LogP) is 3.42. The van der Waals surface area contributed by atoms with Crippen LogP contribution in [0.5, 0.6) is 0 Å². The molecule has 2 N–H and O–H groups in total. The smallest absolute Gasteiger partial charge is 0.406 e. The summed E-state index contributed by atoms with van der Waals surface area (Å²) in [5.74, 6) is -0.312. The van der Waals surface area contributed by atoms with Gasteiger partial charge in [0.15, 0.2) is 0 Å². The maximum Gasteiger partial charge on any atom is 0.406 e. The van der Waals surface area contributed by atoms with E-state index in [2.05, 4.69) is 10.6 Å². The highest BCUT2D eigenvalue weighted by molar-refractivity contribution is 6.43. The summed E-state index contributed by atoms with van der Waals surface area (Å²) >= 11 is 12.6. The number of hydrogen-bond donors (Lipinski definition) is 2. The number of benzene rings is 2. The number of fused-ring (bicyclic) bond motifs is 1. The minimum atomic E-state index is -0.735. The number of halogens is 2. The molecular formula is C30H32Cl2N6O6. The minimum absolute atomic E-state index is 0.0325. The number of nitrogens with one attached hydrogen (secondary N) is 2. The van der Waals surface area contributed by atoms with E-state index in [1.807, 2.05) is 29.2 Å². The first-order valence-corrected chi connectivity index (χ1v) is 15.0. The number of amides is 4. The van der Waals surface area contributed by atoms with Gasteiger partial charge in [0, 0.05) is 50.2 Å². The molecule has 12 nitrogen and oxygen atoms in total. The summed E-state index contributed by atoms with van der Waals surface area (Å²) in [6, 6.07) is 12.3. The van der Waals surface area contributed by atoms with Crippen molar-refractivity contribution in [2.45, 2.75) is 38.4 Å². The van der Waals surface area contributed by atoms with E-state index >= 15 is 0 Å². The van der Waals surface area contributed by atoms with E-state index in [0.717, 1.165) is 26.8 Å². The SMILES string of the molecule is CNC(=O)OCCn1c(=O)c(-c2cccc(Cl)c2Cl)cn(CC(=O)N2CCC(N3CCc4ccccc4NC3=O)CC2)c1=O. The van der Waals surface area contributed by atoms with Gasteiger partial charge >= 0.3 is 17.8 Å². The van der Waals surface area contributed by atoms with Crippen LogP contribution in [-0.4, -0.2) is 76.3 Å². The lowest BCUT2D eigenvalue weighted by atomic mass is 10.0. The molecule has 4 amide bonds. The first-order valence-electron chi connectivity index (χ1n) is 14.2. The van der Waals surface area contributed by atoms with Gasteiger partial charge in [-0.25, -0.2) is 14.4 Å². The summed E-state index contributed by atoms with van der Waals surface area (Å²) in [6.45, 7) is 0.571. The average molecular weight is 644 g/mol. The molecule has 0 atom stereocenters. The Hall–Kier alpha value is -4.29. The Kier molecular flexibility index (Phi) is 9.60. The average Bonchev–Trinajstić information content (AvgIpc) is 3.19. The van der Waals surface area contributed by atoms with Gasteiger partial charge in [0.05, 0.1) is 22.2 Å². The summed E-state index contributed by atoms with van der Waals surface area (Å²) in [4.78, 5) is 68.2. The Morgan fingerprint density at radius 2 is 1.75 bits per heavy atom. The lowest BCUT2D eigenvalue weighted by molar-refractivity contribution is -0.133. The maximum atomic E-state index is 13.4. The van der Waals surface area contributed by atoms with Crippen molar-refractivity contribution in [2.75, 3.05) is 38.6 Å². The van der Waals surface area contributed by atoms with E-state index in [0.29, 0.717) is 38.0 Å². The standard InChI is InChI=1S/C30H32Cl2N6O6/c1-33-29(42)44-16-15-38-27(40)22(21-6-4-7-23(31)26(21)32)17-36(30(38)43)18-25(39)35-12-10-20(11-13-35)37-14-9-19-5-2-3-8-24(19)34-28(37)41/h2-8,17,20H,9-16,18H2,1H3,(H,33,42)(H,34,41). The fourth-order valence-electron chi connectivity index (χ4n) is 5.57. The number of alkyl carbamates (subject to hydrolysis) is 1. The Balaban J connectivity index is 1.32. The Labute approximate surface area is 263 Å². The third-order valence-corrected chi connectivity index (χ3v) is 8.76. The van der Waals surface area contributed by atoms with Gasteiger partial charge in [-0.3, -0.25) is 18.7 Å². The number of anilines is 1. The molecule has 232 valence electrons. The molecule has 2 aromatic carbocycles. The molecule has 2 aliphatic heterocycles. The molecule has 1 aromatic heterocycles. The summed E-state index contributed by atoms with van der Waals surface area (Å²) in [5.41, 5.74) is 0.865. The van der Waals surface area contributed by atoms with Gasteiger partial charge in [-0.05, 0) is 37.0 Å². The summed E-state index contributed by atoms with van der Waals surface area (Å²) in [5, 5.41) is 5.64. The zero-order chi connectivity index (χ0) is 31.4. The predicted molar refractivity (Wildman–Crippen MR) is 166 cm³/mol. The molecule has 0 spiro atoms. The molecule has 0 bridgehead atoms. The van der Waals surface area contributed by atoms with E-state index in [1.165, 1.54) is 13.2 Å². The number of para-hydroxylation sites is 1. The molecule has 2 aliphatic rings. The molecular weight excluding hydrogens is 611 g/mol. The zero-order valence-corrected chi connectivity index (χ0v) is 25.6. The number of carbonyl (C=O) groups is 3. The van der Waals surface area contributed by atoms with Crippen LogP contribution in [0.25, 0.3) is 11.1 Å². The number of piperidine rings is 1. The van der Waals surface area contributed by atoms with Gasteiger partial charge in [0.2, 0.25) is 5.91 Å². The number of carbonyl (C=O) groups excluding carboxylic acids is 3. The number of ether oxygens (including phenoxy) is 1. The van der Waals surface area contributed by atoms with Crippen LogP contribution < -0.4 is 21.9 Å². The van der Waals surface area contributed by atoms with Crippen molar-refractivity contribution < 1.29 is 19.1 Å². The first-order chi connectivity index (χ1) is 21.2. The minimum Gasteiger partial charge on any atom is -0.448 e. The summed E-state index contributed by atoms with van der Waals surface area (Å²) < 4.78 is 7.05. The number of urea groups is 1. The molecule has 1 saturated heterocycles. The number of likely N-dealkylation sites (tertiary alicyclic amines) is 1. The van der Waals surface area contributed by atoms with Crippen molar-refractivity contribution in [2.24, 2.45) is 0 Å². The molecule has 0 aliphatic carbocycles. The highest BCUT2D eigenvalue weighted by atomic mass is 35.5. The lowest BCUT2D eigenvalue weighted by Gasteiger charge is -2.38. The second kappa shape index (κ2) is 13.6. The highest BCUT2D eigenvalue weighted by Crippen LogP contribution is 2.31. The Bertz CT molecular complexity index is 1700. The van der Waals surface area contributed by atoms with Crippen LogP contribution in [0.2, 0.25) is 10.0 Å². The van der Waals surface area contributed by atoms with Gasteiger partial charge in [-0.1, -0.05) is 53.5 Å². The quantitative estimate of drug-likeness (QED) is 0.405. The molecule has 0 unspecified atom stereocenters. The fraction of sp³-hybridized carbons (Fsp3) is 0.367. The topological polar surface area (TPSA) is 135 Å². The van der Waals surface area contributed by atoms with Crippen LogP contribution in [0.1, 0.15) is 18.4 Å². The largest absolute Gasteiger partial charge is 0.448 e. The van der Waals surface area contributed by atoms with Crippen molar-refractivity contribution >= 4 is 46.9 Å². The van der Waals surface area contributed by atoms with E-state index in [-0.39, 0.29) is 53.3 Å². The third-order valence-electron chi connectivity index (χ3n) is 7.94. The first kappa shape index (κ1) is 31.1. The Morgan fingerprint density at radius 3 is 2.50 bits per heavy atom. The van der Waals surface area contributed by atoms with Gasteiger partial charge in [0.25, 0.3) is 5.56 Å². The van der Waals surface area contributed by atoms with Gasteiger partial charge in [-0.2, -0.15) is 0 Å². The Morgan fingerprint density at radius 1 is 1.00 bits per heavy atom. The molecule has 3 aromatic rings. The number of nitrogens with zero attached hydrogens (tertiary/aromatic N) is 4. The van der Waals surface area contributed by atoms with E-state index < -0.39 is 17.3 Å². The number of aromatic nitrogens is 2. The fourth-order valence-corrected chi connectivity index (χ4v) is 5.98. The van der Waals surface area contributed by atoms with Crippen LogP contribution in [-0.2, 0) is 29.0 Å². The van der Waals surface area contributed by atoms with Crippen LogP contribution in [0.4, 0.5) is 15.3 Å². The molecule has 0 radical (unpaired) electrons. The van der Waals surface area contributed by atoms with Crippen LogP contribution in [0.3, 0.4) is 0 Å². The molecule has 0 saturated carbocycles. The summed E-state index contributed by atoms with van der Waals surface area (Å²) in [7, 11) is 1.39. The van der Waals surface area contributed by atoms with E-state index in [1.54, 1.807) is 23.1 Å². The van der Waals surface area contributed by atoms with Crippen molar-refractivity contribution in [3.63, 3.8) is 0 Å². The number of hydrogen-bond acceptors (Lipinski definition) is 6. The normalized spacial score (nSPS) is 15.3. The highest BCUT2D eigenvalue weighted by Gasteiger charge is 2.31. The third kappa shape index (κ3) is 6.61. The lowest BCUT2D eigenvalue weighted by Crippen LogP contribution is -2.51. The second-order valence-corrected chi connectivity index (χ2v) is 11.3. The van der Waals surface area contributed by atoms with Crippen molar-refractivity contribution in [1.29, 1.82) is 0 Å². The molecule has 5 rings (SSSR count). The van der Waals surface area contributed by atoms with Crippen LogP contribution >= 0.6 is 23.2 Å². The summed E-state index contributed by atoms with van der Waals surface area (Å²) in [6.07, 6.45) is 2.50. The van der Waals surface area contributed by atoms with Crippen molar-refractivity contribution in [3.8, 4) is 11.1 Å². The van der Waals surface area contributed by atoms with Gasteiger partial charge in [-0.15, -0.1) is 0 Å². The van der Waals surface area contributed by atoms with Crippen LogP contribution in [0, 0.1) is 0 Å². The second-order valence-electron chi connectivity index (χ2n) is 10.5. The maximum absolute atomic E-state index is 13.4.